The van der Waals surface area contributed by atoms with Crippen LogP contribution in [-0.4, -0.2) is 18.2 Å². The number of para-hydroxylation sites is 1. The number of aliphatic hydroxyl groups is 1. The van der Waals surface area contributed by atoms with Gasteiger partial charge in [-0.3, -0.25) is 0 Å². The number of halogens is 1. The number of hydrogen-bond acceptors (Lipinski definition) is 2. The van der Waals surface area contributed by atoms with E-state index in [4.69, 9.17) is 11.6 Å². The first kappa shape index (κ1) is 13.7. The highest BCUT2D eigenvalue weighted by Crippen LogP contribution is 2.35. The van der Waals surface area contributed by atoms with Crippen molar-refractivity contribution in [1.29, 1.82) is 0 Å². The quantitative estimate of drug-likeness (QED) is 0.899. The van der Waals surface area contributed by atoms with Gasteiger partial charge in [0.2, 0.25) is 0 Å². The maximum atomic E-state index is 9.46. The zero-order valence-corrected chi connectivity index (χ0v) is 12.0. The minimum atomic E-state index is 0.0442. The summed E-state index contributed by atoms with van der Waals surface area (Å²) in [5.74, 6) is 0.784. The number of anilines is 1. The molecule has 1 fully saturated rings. The van der Waals surface area contributed by atoms with Crippen LogP contribution in [0.15, 0.2) is 18.2 Å². The molecule has 0 aromatic heterocycles. The van der Waals surface area contributed by atoms with E-state index in [1.165, 1.54) is 25.7 Å². The lowest BCUT2D eigenvalue weighted by atomic mass is 9.86. The molecule has 3 heteroatoms. The van der Waals surface area contributed by atoms with Crippen molar-refractivity contribution in [1.82, 2.24) is 0 Å². The van der Waals surface area contributed by atoms with Crippen molar-refractivity contribution in [2.45, 2.75) is 45.3 Å². The van der Waals surface area contributed by atoms with Gasteiger partial charge in [-0.25, -0.2) is 0 Å². The molecule has 1 aliphatic rings. The molecule has 2 rings (SSSR count). The molecule has 1 aromatic carbocycles. The molecule has 0 saturated heterocycles. The Morgan fingerprint density at radius 3 is 2.83 bits per heavy atom. The molecule has 0 radical (unpaired) electrons. The minimum absolute atomic E-state index is 0.0442. The van der Waals surface area contributed by atoms with Crippen molar-refractivity contribution in [2.24, 2.45) is 5.92 Å². The number of nitrogens with zero attached hydrogens (tertiary/aromatic N) is 1. The summed E-state index contributed by atoms with van der Waals surface area (Å²) in [6.45, 7) is 2.36. The molecule has 0 amide bonds. The fourth-order valence-corrected chi connectivity index (χ4v) is 3.35. The van der Waals surface area contributed by atoms with E-state index in [0.717, 1.165) is 22.2 Å². The van der Waals surface area contributed by atoms with Gasteiger partial charge in [-0.15, -0.1) is 0 Å². The molecule has 0 spiro atoms. The minimum Gasteiger partial charge on any atom is -0.392 e. The van der Waals surface area contributed by atoms with Crippen LogP contribution in [0.25, 0.3) is 0 Å². The molecule has 2 atom stereocenters. The Kier molecular flexibility index (Phi) is 4.52. The van der Waals surface area contributed by atoms with Crippen molar-refractivity contribution in [3.8, 4) is 0 Å². The Hall–Kier alpha value is -0.730. The molecular weight excluding hydrogens is 246 g/mol. The van der Waals surface area contributed by atoms with Gasteiger partial charge in [0.15, 0.2) is 0 Å². The van der Waals surface area contributed by atoms with Crippen molar-refractivity contribution in [2.75, 3.05) is 11.9 Å². The monoisotopic (exact) mass is 267 g/mol. The summed E-state index contributed by atoms with van der Waals surface area (Å²) in [6.07, 6.45) is 5.05. The van der Waals surface area contributed by atoms with Gasteiger partial charge in [-0.2, -0.15) is 0 Å². The molecule has 1 aliphatic carbocycles. The van der Waals surface area contributed by atoms with Gasteiger partial charge < -0.3 is 10.0 Å². The van der Waals surface area contributed by atoms with Gasteiger partial charge in [-0.1, -0.05) is 43.5 Å². The standard InChI is InChI=1S/C15H22ClNO/c1-11-5-3-7-13(9-11)17(2)15-12(10-18)6-4-8-14(15)16/h4,6,8,11,13,18H,3,5,7,9-10H2,1-2H3. The largest absolute Gasteiger partial charge is 0.392 e. The van der Waals surface area contributed by atoms with Crippen LogP contribution in [-0.2, 0) is 6.61 Å². The molecule has 18 heavy (non-hydrogen) atoms. The highest BCUT2D eigenvalue weighted by atomic mass is 35.5. The highest BCUT2D eigenvalue weighted by Gasteiger charge is 2.24. The van der Waals surface area contributed by atoms with Gasteiger partial charge in [0.1, 0.15) is 0 Å². The second-order valence-corrected chi connectivity index (χ2v) is 5.85. The van der Waals surface area contributed by atoms with Crippen LogP contribution in [0, 0.1) is 5.92 Å². The molecular formula is C15H22ClNO. The van der Waals surface area contributed by atoms with Crippen molar-refractivity contribution in [3.63, 3.8) is 0 Å². The molecule has 1 N–H and O–H groups in total. The molecule has 1 aromatic rings. The average molecular weight is 268 g/mol. The summed E-state index contributed by atoms with van der Waals surface area (Å²) in [4.78, 5) is 2.27. The first-order chi connectivity index (χ1) is 8.63. The molecule has 0 heterocycles. The first-order valence-corrected chi connectivity index (χ1v) is 7.12. The molecule has 2 unspecified atom stereocenters. The van der Waals surface area contributed by atoms with Crippen molar-refractivity contribution in [3.05, 3.63) is 28.8 Å². The van der Waals surface area contributed by atoms with E-state index in [1.807, 2.05) is 18.2 Å². The van der Waals surface area contributed by atoms with E-state index in [-0.39, 0.29) is 6.61 Å². The molecule has 100 valence electrons. The Morgan fingerprint density at radius 2 is 2.17 bits per heavy atom. The third-order valence-corrected chi connectivity index (χ3v) is 4.35. The third-order valence-electron chi connectivity index (χ3n) is 4.05. The number of benzene rings is 1. The van der Waals surface area contributed by atoms with Crippen LogP contribution >= 0.6 is 11.6 Å². The summed E-state index contributed by atoms with van der Waals surface area (Å²) in [6, 6.07) is 6.29. The fraction of sp³-hybridized carbons (Fsp3) is 0.600. The molecule has 2 nitrogen and oxygen atoms in total. The number of rotatable bonds is 3. The van der Waals surface area contributed by atoms with E-state index in [2.05, 4.69) is 18.9 Å². The van der Waals surface area contributed by atoms with Gasteiger partial charge in [0.05, 0.1) is 17.3 Å². The van der Waals surface area contributed by atoms with Crippen LogP contribution in [0.5, 0.6) is 0 Å². The van der Waals surface area contributed by atoms with Crippen LogP contribution in [0.1, 0.15) is 38.2 Å². The van der Waals surface area contributed by atoms with Crippen LogP contribution in [0.2, 0.25) is 5.02 Å². The predicted molar refractivity (Wildman–Crippen MR) is 77.2 cm³/mol. The smallest absolute Gasteiger partial charge is 0.0702 e. The Balaban J connectivity index is 2.24. The average Bonchev–Trinajstić information content (AvgIpc) is 2.37. The lowest BCUT2D eigenvalue weighted by Crippen LogP contribution is -2.36. The van der Waals surface area contributed by atoms with E-state index >= 15 is 0 Å². The summed E-state index contributed by atoms with van der Waals surface area (Å²) in [5.41, 5.74) is 1.92. The topological polar surface area (TPSA) is 23.5 Å². The normalized spacial score (nSPS) is 24.0. The van der Waals surface area contributed by atoms with Gasteiger partial charge in [0.25, 0.3) is 0 Å². The highest BCUT2D eigenvalue weighted by molar-refractivity contribution is 6.33. The maximum absolute atomic E-state index is 9.46. The lowest BCUT2D eigenvalue weighted by molar-refractivity contribution is 0.281. The Labute approximate surface area is 115 Å². The predicted octanol–water partition coefficient (Wildman–Crippen LogP) is 3.85. The van der Waals surface area contributed by atoms with Gasteiger partial charge in [0, 0.05) is 18.7 Å². The van der Waals surface area contributed by atoms with E-state index in [1.54, 1.807) is 0 Å². The first-order valence-electron chi connectivity index (χ1n) is 6.74. The fourth-order valence-electron chi connectivity index (χ4n) is 3.02. The molecule has 0 bridgehead atoms. The SMILES string of the molecule is CC1CCCC(N(C)c2c(Cl)cccc2CO)C1. The van der Waals surface area contributed by atoms with Crippen LogP contribution in [0.3, 0.4) is 0 Å². The molecule has 0 aliphatic heterocycles. The maximum Gasteiger partial charge on any atom is 0.0702 e. The zero-order chi connectivity index (χ0) is 13.1. The van der Waals surface area contributed by atoms with E-state index < -0.39 is 0 Å². The summed E-state index contributed by atoms with van der Waals surface area (Å²) in [7, 11) is 2.10. The zero-order valence-electron chi connectivity index (χ0n) is 11.2. The second-order valence-electron chi connectivity index (χ2n) is 5.44. The number of aliphatic hydroxyl groups excluding tert-OH is 1. The van der Waals surface area contributed by atoms with E-state index in [9.17, 15) is 5.11 Å². The van der Waals surface area contributed by atoms with E-state index in [0.29, 0.717) is 6.04 Å². The van der Waals surface area contributed by atoms with Gasteiger partial charge in [-0.05, 0) is 24.8 Å². The number of hydrogen-bond donors (Lipinski definition) is 1. The van der Waals surface area contributed by atoms with Gasteiger partial charge >= 0.3 is 0 Å². The Bertz CT molecular complexity index is 407. The Morgan fingerprint density at radius 1 is 1.39 bits per heavy atom. The third kappa shape index (κ3) is 2.81. The van der Waals surface area contributed by atoms with Crippen molar-refractivity contribution >= 4 is 17.3 Å². The molecule has 1 saturated carbocycles. The second kappa shape index (κ2) is 5.94. The summed E-state index contributed by atoms with van der Waals surface area (Å²) >= 11 is 6.31. The summed E-state index contributed by atoms with van der Waals surface area (Å²) in [5, 5.41) is 10.2. The summed E-state index contributed by atoms with van der Waals surface area (Å²) < 4.78 is 0. The van der Waals surface area contributed by atoms with Crippen molar-refractivity contribution < 1.29 is 5.11 Å². The van der Waals surface area contributed by atoms with Crippen LogP contribution in [0.4, 0.5) is 5.69 Å². The lowest BCUT2D eigenvalue weighted by Gasteiger charge is -2.37. The van der Waals surface area contributed by atoms with Crippen LogP contribution < -0.4 is 4.90 Å².